The zero-order chi connectivity index (χ0) is 14.9. The molecule has 0 unspecified atom stereocenters. The summed E-state index contributed by atoms with van der Waals surface area (Å²) in [5.74, 6) is 1.62. The molecule has 0 atom stereocenters. The van der Waals surface area contributed by atoms with E-state index in [2.05, 4.69) is 24.0 Å². The number of hydrogen-bond donors (Lipinski definition) is 0. The lowest BCUT2D eigenvalue weighted by Crippen LogP contribution is -2.13. The topological polar surface area (TPSA) is 36.7 Å². The first-order chi connectivity index (χ1) is 10.3. The Hall–Kier alpha value is -1.36. The second-order valence-corrected chi connectivity index (χ2v) is 6.51. The molecule has 0 aliphatic heterocycles. The Morgan fingerprint density at radius 1 is 1.10 bits per heavy atom. The third-order valence-electron chi connectivity index (χ3n) is 4.93. The van der Waals surface area contributed by atoms with Crippen LogP contribution in [0.15, 0.2) is 18.3 Å². The van der Waals surface area contributed by atoms with E-state index in [1.165, 1.54) is 69.8 Å². The molecule has 21 heavy (non-hydrogen) atoms. The Labute approximate surface area is 129 Å². The number of rotatable bonds is 7. The molecule has 1 aliphatic carbocycles. The molecule has 1 saturated carbocycles. The number of hydrogen-bond acceptors (Lipinski definition) is 2. The zero-order valence-corrected chi connectivity index (χ0v) is 13.4. The van der Waals surface area contributed by atoms with Crippen LogP contribution in [0.5, 0.6) is 0 Å². The quantitative estimate of drug-likeness (QED) is 0.612. The minimum atomic E-state index is 0.527. The Bertz CT molecular complexity index is 436. The second kappa shape index (κ2) is 8.82. The van der Waals surface area contributed by atoms with Gasteiger partial charge >= 0.3 is 0 Å². The highest BCUT2D eigenvalue weighted by molar-refractivity contribution is 5.25. The average Bonchev–Trinajstić information content (AvgIpc) is 2.55. The highest BCUT2D eigenvalue weighted by atomic mass is 14.7. The van der Waals surface area contributed by atoms with Gasteiger partial charge in [-0.1, -0.05) is 51.5 Å². The van der Waals surface area contributed by atoms with Crippen molar-refractivity contribution in [1.82, 2.24) is 4.98 Å². The predicted molar refractivity (Wildman–Crippen MR) is 87.0 cm³/mol. The maximum atomic E-state index is 8.80. The van der Waals surface area contributed by atoms with E-state index < -0.39 is 0 Å². The van der Waals surface area contributed by atoms with Gasteiger partial charge in [-0.25, -0.2) is 4.98 Å². The molecule has 2 nitrogen and oxygen atoms in total. The molecule has 0 aromatic carbocycles. The summed E-state index contributed by atoms with van der Waals surface area (Å²) in [5.41, 5.74) is 1.86. The SMILES string of the molecule is CCCCCCCC1CCC(c2ccc(C#N)nc2)CC1. The summed E-state index contributed by atoms with van der Waals surface area (Å²) in [6.07, 6.45) is 15.7. The first-order valence-electron chi connectivity index (χ1n) is 8.69. The Morgan fingerprint density at radius 3 is 2.48 bits per heavy atom. The fraction of sp³-hybridized carbons (Fsp3) is 0.684. The zero-order valence-electron chi connectivity index (χ0n) is 13.4. The Kier molecular flexibility index (Phi) is 6.73. The molecule has 0 saturated heterocycles. The maximum Gasteiger partial charge on any atom is 0.140 e. The smallest absolute Gasteiger partial charge is 0.140 e. The van der Waals surface area contributed by atoms with Gasteiger partial charge in [0.05, 0.1) is 0 Å². The van der Waals surface area contributed by atoms with Crippen molar-refractivity contribution in [2.45, 2.75) is 77.0 Å². The van der Waals surface area contributed by atoms with Gasteiger partial charge in [-0.05, 0) is 49.1 Å². The van der Waals surface area contributed by atoms with Gasteiger partial charge in [0.1, 0.15) is 11.8 Å². The highest BCUT2D eigenvalue weighted by Gasteiger charge is 2.22. The summed E-state index contributed by atoms with van der Waals surface area (Å²) in [5, 5.41) is 8.80. The van der Waals surface area contributed by atoms with E-state index in [9.17, 15) is 0 Å². The fourth-order valence-corrected chi connectivity index (χ4v) is 3.53. The van der Waals surface area contributed by atoms with E-state index in [1.54, 1.807) is 0 Å². The lowest BCUT2D eigenvalue weighted by Gasteiger charge is -2.28. The molecule has 114 valence electrons. The first-order valence-corrected chi connectivity index (χ1v) is 8.69. The van der Waals surface area contributed by atoms with Crippen molar-refractivity contribution in [3.63, 3.8) is 0 Å². The molecule has 0 bridgehead atoms. The summed E-state index contributed by atoms with van der Waals surface area (Å²) >= 11 is 0. The van der Waals surface area contributed by atoms with Crippen molar-refractivity contribution in [2.24, 2.45) is 5.92 Å². The van der Waals surface area contributed by atoms with Crippen LogP contribution in [0.3, 0.4) is 0 Å². The molecule has 0 spiro atoms. The van der Waals surface area contributed by atoms with Crippen molar-refractivity contribution >= 4 is 0 Å². The first kappa shape index (κ1) is 16.0. The van der Waals surface area contributed by atoms with Gasteiger partial charge in [-0.2, -0.15) is 5.26 Å². The summed E-state index contributed by atoms with van der Waals surface area (Å²) in [7, 11) is 0. The van der Waals surface area contributed by atoms with Crippen LogP contribution in [0, 0.1) is 17.2 Å². The van der Waals surface area contributed by atoms with Crippen LogP contribution in [0.1, 0.15) is 88.3 Å². The Balaban J connectivity index is 1.69. The number of nitrogens with zero attached hydrogens (tertiary/aromatic N) is 2. The molecular weight excluding hydrogens is 256 g/mol. The monoisotopic (exact) mass is 284 g/mol. The van der Waals surface area contributed by atoms with Gasteiger partial charge in [0.15, 0.2) is 0 Å². The van der Waals surface area contributed by atoms with Crippen LogP contribution in [-0.4, -0.2) is 4.98 Å². The third kappa shape index (κ3) is 5.16. The van der Waals surface area contributed by atoms with Crippen LogP contribution < -0.4 is 0 Å². The molecule has 1 fully saturated rings. The van der Waals surface area contributed by atoms with Crippen molar-refractivity contribution in [2.75, 3.05) is 0 Å². The number of pyridine rings is 1. The predicted octanol–water partition coefficient (Wildman–Crippen LogP) is 5.59. The third-order valence-corrected chi connectivity index (χ3v) is 4.93. The minimum Gasteiger partial charge on any atom is -0.245 e. The van der Waals surface area contributed by atoms with Gasteiger partial charge in [0.25, 0.3) is 0 Å². The fourth-order valence-electron chi connectivity index (χ4n) is 3.53. The Morgan fingerprint density at radius 2 is 1.86 bits per heavy atom. The van der Waals surface area contributed by atoms with Crippen LogP contribution in [0.2, 0.25) is 0 Å². The molecular formula is C19H28N2. The van der Waals surface area contributed by atoms with Crippen molar-refractivity contribution in [1.29, 1.82) is 5.26 Å². The van der Waals surface area contributed by atoms with Gasteiger partial charge in [0.2, 0.25) is 0 Å². The second-order valence-electron chi connectivity index (χ2n) is 6.51. The molecule has 1 aliphatic rings. The molecule has 2 rings (SSSR count). The molecule has 0 amide bonds. The molecule has 1 aromatic rings. The molecule has 1 heterocycles. The van der Waals surface area contributed by atoms with Gasteiger partial charge in [-0.15, -0.1) is 0 Å². The lowest BCUT2D eigenvalue weighted by atomic mass is 9.77. The van der Waals surface area contributed by atoms with Crippen LogP contribution in [-0.2, 0) is 0 Å². The van der Waals surface area contributed by atoms with E-state index in [-0.39, 0.29) is 0 Å². The standard InChI is InChI=1S/C19H28N2/c1-2-3-4-5-6-7-16-8-10-17(11-9-16)18-12-13-19(14-20)21-15-18/h12-13,15-17H,2-11H2,1H3. The highest BCUT2D eigenvalue weighted by Crippen LogP contribution is 2.37. The van der Waals surface area contributed by atoms with Crippen LogP contribution in [0.4, 0.5) is 0 Å². The summed E-state index contributed by atoms with van der Waals surface area (Å²) in [4.78, 5) is 4.21. The number of unbranched alkanes of at least 4 members (excludes halogenated alkanes) is 4. The molecule has 1 aromatic heterocycles. The van der Waals surface area contributed by atoms with Gasteiger partial charge in [-0.3, -0.25) is 0 Å². The van der Waals surface area contributed by atoms with Gasteiger partial charge in [0, 0.05) is 6.20 Å². The minimum absolute atomic E-state index is 0.527. The van der Waals surface area contributed by atoms with E-state index in [1.807, 2.05) is 12.3 Å². The normalized spacial score (nSPS) is 21.9. The number of aromatic nitrogens is 1. The number of nitriles is 1. The van der Waals surface area contributed by atoms with Gasteiger partial charge < -0.3 is 0 Å². The van der Waals surface area contributed by atoms with Crippen LogP contribution in [0.25, 0.3) is 0 Å². The lowest BCUT2D eigenvalue weighted by molar-refractivity contribution is 0.301. The summed E-state index contributed by atoms with van der Waals surface area (Å²) < 4.78 is 0. The van der Waals surface area contributed by atoms with Crippen molar-refractivity contribution in [3.05, 3.63) is 29.6 Å². The molecule has 2 heteroatoms. The van der Waals surface area contributed by atoms with Crippen molar-refractivity contribution < 1.29 is 0 Å². The molecule has 0 radical (unpaired) electrons. The van der Waals surface area contributed by atoms with E-state index in [4.69, 9.17) is 5.26 Å². The summed E-state index contributed by atoms with van der Waals surface area (Å²) in [6, 6.07) is 6.05. The summed E-state index contributed by atoms with van der Waals surface area (Å²) in [6.45, 7) is 2.28. The maximum absolute atomic E-state index is 8.80. The van der Waals surface area contributed by atoms with E-state index in [0.29, 0.717) is 11.6 Å². The van der Waals surface area contributed by atoms with Crippen molar-refractivity contribution in [3.8, 4) is 6.07 Å². The molecule has 0 N–H and O–H groups in total. The van der Waals surface area contributed by atoms with E-state index >= 15 is 0 Å². The van der Waals surface area contributed by atoms with Crippen LogP contribution >= 0.6 is 0 Å². The van der Waals surface area contributed by atoms with E-state index in [0.717, 1.165) is 5.92 Å². The average molecular weight is 284 g/mol. The largest absolute Gasteiger partial charge is 0.245 e.